The third-order valence-corrected chi connectivity index (χ3v) is 3.82. The number of nitrogens with two attached hydrogens (primary N) is 1. The molecule has 0 atom stereocenters. The van der Waals surface area contributed by atoms with Crippen molar-refractivity contribution in [1.29, 1.82) is 0 Å². The van der Waals surface area contributed by atoms with Crippen molar-refractivity contribution in [3.63, 3.8) is 0 Å². The van der Waals surface area contributed by atoms with E-state index in [0.29, 0.717) is 12.1 Å². The van der Waals surface area contributed by atoms with Crippen molar-refractivity contribution in [2.24, 2.45) is 0 Å². The molecule has 0 aliphatic heterocycles. The van der Waals surface area contributed by atoms with Crippen LogP contribution in [0.1, 0.15) is 41.5 Å². The smallest absolute Gasteiger partial charge is 0.0959 e. The van der Waals surface area contributed by atoms with Crippen LogP contribution in [0.5, 0.6) is 0 Å². The zero-order valence-electron chi connectivity index (χ0n) is 15.2. The van der Waals surface area contributed by atoms with Gasteiger partial charge in [-0.05, 0) is 39.8 Å². The topological polar surface area (TPSA) is 47.8 Å². The van der Waals surface area contributed by atoms with Crippen LogP contribution in [0.3, 0.4) is 0 Å². The third kappa shape index (κ3) is 3.84. The Morgan fingerprint density at radius 1 is 1.05 bits per heavy atom. The molecule has 22 heavy (non-hydrogen) atoms. The van der Waals surface area contributed by atoms with Crippen LogP contribution in [0.2, 0.25) is 0 Å². The first-order valence-electron chi connectivity index (χ1n) is 8.28. The summed E-state index contributed by atoms with van der Waals surface area (Å²) in [5, 5.41) is 10.3. The van der Waals surface area contributed by atoms with Crippen LogP contribution in [-0.4, -0.2) is 42.2 Å². The Bertz CT molecular complexity index is 446. The molecule has 0 unspecified atom stereocenters. The monoisotopic (exact) mass is 307 g/mol. The lowest BCUT2D eigenvalue weighted by Gasteiger charge is -2.47. The van der Waals surface area contributed by atoms with Crippen LogP contribution in [0, 0.1) is 0 Å². The number of nitrogens with zero attached hydrogens (tertiary/aromatic N) is 3. The second-order valence-electron chi connectivity index (χ2n) is 5.99. The zero-order valence-corrected chi connectivity index (χ0v) is 15.2. The van der Waals surface area contributed by atoms with E-state index >= 15 is 0 Å². The highest BCUT2D eigenvalue weighted by molar-refractivity contribution is 5.81. The lowest BCUT2D eigenvalue weighted by atomic mass is 10.2. The highest BCUT2D eigenvalue weighted by atomic mass is 15.9. The summed E-state index contributed by atoms with van der Waals surface area (Å²) < 4.78 is 0. The van der Waals surface area contributed by atoms with Crippen molar-refractivity contribution in [3.05, 3.63) is 18.2 Å². The van der Waals surface area contributed by atoms with Gasteiger partial charge >= 0.3 is 0 Å². The van der Waals surface area contributed by atoms with Crippen LogP contribution in [0.4, 0.5) is 17.1 Å². The molecule has 126 valence electrons. The summed E-state index contributed by atoms with van der Waals surface area (Å²) in [5.41, 5.74) is 9.01. The molecule has 0 radical (unpaired) electrons. The predicted octanol–water partition coefficient (Wildman–Crippen LogP) is 3.41. The molecule has 0 saturated heterocycles. The van der Waals surface area contributed by atoms with Crippen molar-refractivity contribution < 1.29 is 0 Å². The van der Waals surface area contributed by atoms with Gasteiger partial charge in [0.05, 0.1) is 17.1 Å². The van der Waals surface area contributed by atoms with Crippen molar-refractivity contribution in [2.45, 2.75) is 53.6 Å². The van der Waals surface area contributed by atoms with Gasteiger partial charge in [-0.1, -0.05) is 19.9 Å². The van der Waals surface area contributed by atoms with Crippen molar-refractivity contribution in [2.75, 3.05) is 36.3 Å². The Kier molecular flexibility index (Phi) is 6.97. The Morgan fingerprint density at radius 2 is 1.59 bits per heavy atom. The molecule has 5 heteroatoms. The van der Waals surface area contributed by atoms with E-state index in [1.165, 1.54) is 0 Å². The highest BCUT2D eigenvalue weighted by Crippen LogP contribution is 2.34. The normalized spacial score (nSPS) is 11.8. The average molecular weight is 307 g/mol. The maximum Gasteiger partial charge on any atom is 0.0959 e. The molecule has 1 aromatic carbocycles. The first-order chi connectivity index (χ1) is 10.4. The lowest BCUT2D eigenvalue weighted by Crippen LogP contribution is -2.58. The van der Waals surface area contributed by atoms with Gasteiger partial charge in [-0.2, -0.15) is 0 Å². The van der Waals surface area contributed by atoms with Gasteiger partial charge in [-0.3, -0.25) is 0 Å². The van der Waals surface area contributed by atoms with Gasteiger partial charge < -0.3 is 11.1 Å². The van der Waals surface area contributed by atoms with Crippen LogP contribution in [0.15, 0.2) is 18.2 Å². The van der Waals surface area contributed by atoms with Gasteiger partial charge in [0.1, 0.15) is 0 Å². The van der Waals surface area contributed by atoms with E-state index in [1.807, 2.05) is 19.2 Å². The van der Waals surface area contributed by atoms with Gasteiger partial charge in [-0.25, -0.2) is 15.1 Å². The molecule has 3 N–H and O–H groups in total. The minimum absolute atomic E-state index is 0.381. The number of nitrogen functional groups attached to an aromatic ring is 1. The van der Waals surface area contributed by atoms with E-state index < -0.39 is 0 Å². The van der Waals surface area contributed by atoms with Crippen molar-refractivity contribution >= 4 is 17.1 Å². The van der Waals surface area contributed by atoms with Crippen LogP contribution >= 0.6 is 0 Å². The fraction of sp³-hybridized carbons (Fsp3) is 0.647. The predicted molar refractivity (Wildman–Crippen MR) is 97.9 cm³/mol. The molecule has 0 fully saturated rings. The number of nitrogens with one attached hydrogen (secondary N) is 1. The molecular formula is C17H33N5. The van der Waals surface area contributed by atoms with E-state index in [9.17, 15) is 0 Å². The summed E-state index contributed by atoms with van der Waals surface area (Å²) in [7, 11) is 1.92. The molecule has 0 heterocycles. The Balaban J connectivity index is 3.47. The quantitative estimate of drug-likeness (QED) is 0.569. The highest BCUT2D eigenvalue weighted by Gasteiger charge is 2.28. The second-order valence-corrected chi connectivity index (χ2v) is 5.99. The summed E-state index contributed by atoms with van der Waals surface area (Å²) in [6, 6.07) is 6.84. The number of hydrogen-bond acceptors (Lipinski definition) is 5. The summed E-state index contributed by atoms with van der Waals surface area (Å²) in [4.78, 5) is 0. The molecule has 1 rings (SSSR count). The molecule has 0 aromatic heterocycles. The summed E-state index contributed by atoms with van der Waals surface area (Å²) >= 11 is 0. The van der Waals surface area contributed by atoms with E-state index in [0.717, 1.165) is 30.2 Å². The molecule has 5 nitrogen and oxygen atoms in total. The number of anilines is 3. The standard InChI is InChI=1S/C17H33N5/c1-8-20(9-2)22(21(13(3)4)14(5)6)16-12-10-11-15(18)17(16)19-7/h10-14,19H,8-9,18H2,1-7H3. The van der Waals surface area contributed by atoms with E-state index in [4.69, 9.17) is 5.73 Å². The first-order valence-corrected chi connectivity index (χ1v) is 8.28. The number of hydrogen-bond donors (Lipinski definition) is 2. The Morgan fingerprint density at radius 3 is 2.00 bits per heavy atom. The first kappa shape index (κ1) is 18.6. The van der Waals surface area contributed by atoms with E-state index in [-0.39, 0.29) is 0 Å². The lowest BCUT2D eigenvalue weighted by molar-refractivity contribution is 0.0525. The Labute approximate surface area is 136 Å². The number of rotatable bonds is 8. The number of para-hydroxylation sites is 1. The van der Waals surface area contributed by atoms with Gasteiger partial charge in [0.25, 0.3) is 0 Å². The van der Waals surface area contributed by atoms with Crippen LogP contribution in [0.25, 0.3) is 0 Å². The molecule has 0 amide bonds. The molecule has 0 aliphatic rings. The van der Waals surface area contributed by atoms with E-state index in [1.54, 1.807) is 0 Å². The fourth-order valence-electron chi connectivity index (χ4n) is 2.94. The number of benzene rings is 1. The van der Waals surface area contributed by atoms with Crippen LogP contribution in [-0.2, 0) is 0 Å². The van der Waals surface area contributed by atoms with Gasteiger partial charge in [0.15, 0.2) is 0 Å². The summed E-state index contributed by atoms with van der Waals surface area (Å²) in [5.74, 6) is 0. The molecule has 0 spiro atoms. The maximum absolute atomic E-state index is 6.18. The average Bonchev–Trinajstić information content (AvgIpc) is 2.46. The molecular weight excluding hydrogens is 274 g/mol. The van der Waals surface area contributed by atoms with Crippen LogP contribution < -0.4 is 16.2 Å². The SMILES string of the molecule is CCN(CC)N(c1cccc(N)c1NC)N(C(C)C)C(C)C. The summed E-state index contributed by atoms with van der Waals surface area (Å²) in [6.07, 6.45) is 0. The van der Waals surface area contributed by atoms with Crippen molar-refractivity contribution in [3.8, 4) is 0 Å². The minimum atomic E-state index is 0.381. The molecule has 0 bridgehead atoms. The minimum Gasteiger partial charge on any atom is -0.397 e. The van der Waals surface area contributed by atoms with Gasteiger partial charge in [0.2, 0.25) is 0 Å². The van der Waals surface area contributed by atoms with E-state index in [2.05, 4.69) is 68.1 Å². The molecule has 0 saturated carbocycles. The van der Waals surface area contributed by atoms with Crippen molar-refractivity contribution in [1.82, 2.24) is 10.0 Å². The molecule has 0 aliphatic carbocycles. The molecule has 1 aromatic rings. The maximum atomic E-state index is 6.18. The van der Waals surface area contributed by atoms with Gasteiger partial charge in [0, 0.05) is 32.2 Å². The van der Waals surface area contributed by atoms with Gasteiger partial charge in [-0.15, -0.1) is 0 Å². The second kappa shape index (κ2) is 8.25. The zero-order chi connectivity index (χ0) is 16.9. The Hall–Kier alpha value is -1.46. The number of hydrazine groups is 2. The fourth-order valence-corrected chi connectivity index (χ4v) is 2.94. The largest absolute Gasteiger partial charge is 0.397 e. The summed E-state index contributed by atoms with van der Waals surface area (Å²) in [6.45, 7) is 15.1. The third-order valence-electron chi connectivity index (χ3n) is 3.82.